The van der Waals surface area contributed by atoms with Crippen molar-refractivity contribution in [2.24, 2.45) is 0 Å². The van der Waals surface area contributed by atoms with E-state index in [1.807, 2.05) is 45.0 Å². The van der Waals surface area contributed by atoms with Gasteiger partial charge in [0.25, 0.3) is 0 Å². The Bertz CT molecular complexity index is 918. The van der Waals surface area contributed by atoms with E-state index in [0.717, 1.165) is 16.7 Å². The standard InChI is InChI=1S/C22H22O4P/c1-16-14-17(2)21(18(3)15-16)22(23)26-27(24,20-12-8-5-9-13-20)25-19-10-6-4-7-11-19/h4-15,24H,1-3H3/q+1. The summed E-state index contributed by atoms with van der Waals surface area (Å²) in [5.74, 6) is -0.164. The summed E-state index contributed by atoms with van der Waals surface area (Å²) in [5, 5.41) is 0.435. The molecule has 4 nitrogen and oxygen atoms in total. The van der Waals surface area contributed by atoms with Gasteiger partial charge in [-0.25, -0.2) is 9.32 Å². The zero-order valence-corrected chi connectivity index (χ0v) is 16.4. The van der Waals surface area contributed by atoms with Crippen molar-refractivity contribution < 1.29 is 18.7 Å². The number of aryl methyl sites for hydroxylation is 3. The lowest BCUT2D eigenvalue weighted by Gasteiger charge is -2.18. The van der Waals surface area contributed by atoms with Crippen molar-refractivity contribution in [2.45, 2.75) is 20.8 Å². The molecule has 0 amide bonds. The third-order valence-corrected chi connectivity index (χ3v) is 5.96. The molecule has 0 spiro atoms. The normalized spacial score (nSPS) is 12.9. The van der Waals surface area contributed by atoms with E-state index in [2.05, 4.69) is 0 Å². The lowest BCUT2D eigenvalue weighted by molar-refractivity contribution is 0.0706. The second-order valence-corrected chi connectivity index (χ2v) is 8.34. The molecule has 0 aliphatic carbocycles. The Kier molecular flexibility index (Phi) is 5.59. The average Bonchev–Trinajstić information content (AvgIpc) is 2.62. The van der Waals surface area contributed by atoms with Crippen LogP contribution in [-0.4, -0.2) is 10.9 Å². The molecule has 3 rings (SSSR count). The largest absolute Gasteiger partial charge is 0.537 e. The lowest BCUT2D eigenvalue weighted by atomic mass is 10.0. The maximum absolute atomic E-state index is 12.9. The maximum atomic E-state index is 12.9. The van der Waals surface area contributed by atoms with Crippen molar-refractivity contribution in [1.29, 1.82) is 0 Å². The van der Waals surface area contributed by atoms with E-state index in [1.54, 1.807) is 48.5 Å². The Balaban J connectivity index is 1.98. The summed E-state index contributed by atoms with van der Waals surface area (Å²) < 4.78 is 11.4. The van der Waals surface area contributed by atoms with E-state index < -0.39 is 13.9 Å². The van der Waals surface area contributed by atoms with Crippen molar-refractivity contribution in [3.63, 3.8) is 0 Å². The molecule has 0 heterocycles. The molecule has 138 valence electrons. The lowest BCUT2D eigenvalue weighted by Crippen LogP contribution is -2.22. The van der Waals surface area contributed by atoms with Gasteiger partial charge >= 0.3 is 13.9 Å². The van der Waals surface area contributed by atoms with Crippen LogP contribution >= 0.6 is 7.94 Å². The van der Waals surface area contributed by atoms with Crippen LogP contribution in [0.5, 0.6) is 5.75 Å². The molecule has 0 saturated heterocycles. The highest BCUT2D eigenvalue weighted by Gasteiger charge is 2.49. The fourth-order valence-corrected chi connectivity index (χ4v) is 4.55. The summed E-state index contributed by atoms with van der Waals surface area (Å²) in [7, 11) is -3.67. The molecule has 0 bridgehead atoms. The van der Waals surface area contributed by atoms with Gasteiger partial charge in [0.1, 0.15) is 0 Å². The van der Waals surface area contributed by atoms with Crippen LogP contribution in [0.4, 0.5) is 0 Å². The highest BCUT2D eigenvalue weighted by molar-refractivity contribution is 7.69. The smallest absolute Gasteiger partial charge is 0.274 e. The first-order chi connectivity index (χ1) is 12.9. The van der Waals surface area contributed by atoms with E-state index in [9.17, 15) is 9.69 Å². The highest BCUT2D eigenvalue weighted by atomic mass is 31.2. The summed E-state index contributed by atoms with van der Waals surface area (Å²) in [6.07, 6.45) is 0. The average molecular weight is 381 g/mol. The van der Waals surface area contributed by atoms with Crippen LogP contribution in [0.15, 0.2) is 72.8 Å². The molecule has 3 aromatic carbocycles. The van der Waals surface area contributed by atoms with Gasteiger partial charge in [-0.3, -0.25) is 4.52 Å². The van der Waals surface area contributed by atoms with E-state index >= 15 is 0 Å². The van der Waals surface area contributed by atoms with Gasteiger partial charge in [0.15, 0.2) is 5.75 Å². The van der Waals surface area contributed by atoms with Crippen LogP contribution in [0.2, 0.25) is 0 Å². The molecule has 1 atom stereocenters. The summed E-state index contributed by atoms with van der Waals surface area (Å²) >= 11 is 0. The number of carbonyl (C=O) groups is 1. The van der Waals surface area contributed by atoms with Crippen LogP contribution in [0.1, 0.15) is 27.0 Å². The fraction of sp³-hybridized carbons (Fsp3) is 0.136. The van der Waals surface area contributed by atoms with Crippen LogP contribution in [0.3, 0.4) is 0 Å². The Morgan fingerprint density at radius 1 is 0.852 bits per heavy atom. The summed E-state index contributed by atoms with van der Waals surface area (Å²) in [6.45, 7) is 5.68. The predicted molar refractivity (Wildman–Crippen MR) is 108 cm³/mol. The van der Waals surface area contributed by atoms with Crippen molar-refractivity contribution >= 4 is 19.2 Å². The summed E-state index contributed by atoms with van der Waals surface area (Å²) in [6, 6.07) is 21.4. The zero-order valence-electron chi connectivity index (χ0n) is 15.5. The molecular weight excluding hydrogens is 359 g/mol. The van der Waals surface area contributed by atoms with Crippen LogP contribution in [0.25, 0.3) is 0 Å². The van der Waals surface area contributed by atoms with Crippen molar-refractivity contribution in [3.8, 4) is 5.75 Å². The number of hydrogen-bond donors (Lipinski definition) is 1. The van der Waals surface area contributed by atoms with Gasteiger partial charge in [-0.1, -0.05) is 54.1 Å². The molecule has 0 aliphatic rings. The van der Waals surface area contributed by atoms with Gasteiger partial charge in [-0.15, -0.1) is 0 Å². The minimum absolute atomic E-state index is 0.433. The third kappa shape index (κ3) is 4.36. The monoisotopic (exact) mass is 381 g/mol. The van der Waals surface area contributed by atoms with Crippen LogP contribution in [-0.2, 0) is 4.52 Å². The van der Waals surface area contributed by atoms with Crippen molar-refractivity contribution in [3.05, 3.63) is 95.1 Å². The van der Waals surface area contributed by atoms with Gasteiger partial charge in [-0.05, 0) is 56.2 Å². The van der Waals surface area contributed by atoms with Gasteiger partial charge in [0.2, 0.25) is 5.30 Å². The van der Waals surface area contributed by atoms with Gasteiger partial charge < -0.3 is 0 Å². The van der Waals surface area contributed by atoms with Gasteiger partial charge in [0, 0.05) is 0 Å². The number of carbonyl (C=O) groups excluding carboxylic acids is 1. The second kappa shape index (κ2) is 7.91. The maximum Gasteiger partial charge on any atom is 0.537 e. The summed E-state index contributed by atoms with van der Waals surface area (Å²) in [5.41, 5.74) is 3.12. The molecule has 0 fully saturated rings. The van der Waals surface area contributed by atoms with Gasteiger partial charge in [0.05, 0.1) is 5.56 Å². The van der Waals surface area contributed by atoms with Crippen molar-refractivity contribution in [1.82, 2.24) is 0 Å². The first-order valence-corrected chi connectivity index (χ1v) is 10.2. The number of hydrogen-bond acceptors (Lipinski definition) is 4. The number of rotatable bonds is 5. The van der Waals surface area contributed by atoms with Crippen LogP contribution < -0.4 is 9.83 Å². The molecule has 27 heavy (non-hydrogen) atoms. The predicted octanol–water partition coefficient (Wildman–Crippen LogP) is 4.93. The molecule has 0 radical (unpaired) electrons. The molecule has 0 aliphatic heterocycles. The molecule has 1 unspecified atom stereocenters. The second-order valence-electron chi connectivity index (χ2n) is 6.41. The molecule has 5 heteroatoms. The Hall–Kier alpha value is -2.68. The van der Waals surface area contributed by atoms with E-state index in [-0.39, 0.29) is 0 Å². The quantitative estimate of drug-likeness (QED) is 0.637. The fourth-order valence-electron chi connectivity index (χ4n) is 3.02. The minimum Gasteiger partial charge on any atom is -0.274 e. The third-order valence-electron chi connectivity index (χ3n) is 4.14. The van der Waals surface area contributed by atoms with E-state index in [0.29, 0.717) is 16.6 Å². The number of benzene rings is 3. The molecular formula is C22H22O4P+. The van der Waals surface area contributed by atoms with E-state index in [4.69, 9.17) is 9.05 Å². The van der Waals surface area contributed by atoms with E-state index in [1.165, 1.54) is 0 Å². The minimum atomic E-state index is -3.67. The number of para-hydroxylation sites is 1. The Morgan fingerprint density at radius 3 is 1.93 bits per heavy atom. The molecule has 0 saturated carbocycles. The Labute approximate surface area is 160 Å². The first-order valence-electron chi connectivity index (χ1n) is 8.63. The first kappa shape index (κ1) is 19.1. The highest BCUT2D eigenvalue weighted by Crippen LogP contribution is 2.56. The SMILES string of the molecule is Cc1cc(C)c(C(=O)O[P+](O)(Oc2ccccc2)c2ccccc2)c(C)c1. The molecule has 0 aromatic heterocycles. The topological polar surface area (TPSA) is 55.8 Å². The Morgan fingerprint density at radius 2 is 1.37 bits per heavy atom. The van der Waals surface area contributed by atoms with Crippen molar-refractivity contribution in [2.75, 3.05) is 0 Å². The molecule has 1 N–H and O–H groups in total. The zero-order chi connectivity index (χ0) is 19.4. The summed E-state index contributed by atoms with van der Waals surface area (Å²) in [4.78, 5) is 24.2. The molecule has 3 aromatic rings. The van der Waals surface area contributed by atoms with Gasteiger partial charge in [-0.2, -0.15) is 4.89 Å². The van der Waals surface area contributed by atoms with Crippen LogP contribution in [0, 0.1) is 20.8 Å².